The third-order valence-corrected chi connectivity index (χ3v) is 3.03. The molecule has 0 aliphatic carbocycles. The third-order valence-electron chi connectivity index (χ3n) is 2.22. The highest BCUT2D eigenvalue weighted by Gasteiger charge is 2.17. The summed E-state index contributed by atoms with van der Waals surface area (Å²) in [6.07, 6.45) is 1.67. The van der Waals surface area contributed by atoms with Crippen LogP contribution in [-0.4, -0.2) is 6.26 Å². The number of nitriles is 1. The lowest BCUT2D eigenvalue weighted by Gasteiger charge is -2.03. The molecule has 2 aromatic rings. The Kier molecular flexibility index (Phi) is 2.77. The van der Waals surface area contributed by atoms with Gasteiger partial charge in [0.25, 0.3) is 0 Å². The molecule has 0 fully saturated rings. The Balaban J connectivity index is 3.12. The maximum Gasteiger partial charge on any atom is 0.355 e. The smallest absolute Gasteiger partial charge is 0.355 e. The lowest BCUT2D eigenvalue weighted by Crippen LogP contribution is -2.11. The molecule has 0 atom stereocenters. The standard InChI is InChI=1S/C11H7NO4S/c1-5-3-7-8(11(14)15-5)9(17-2)6(4-12)10(13)16-7/h3H,1-2H3. The molecule has 0 aromatic carbocycles. The van der Waals surface area contributed by atoms with Gasteiger partial charge < -0.3 is 8.83 Å². The van der Waals surface area contributed by atoms with Crippen molar-refractivity contribution < 1.29 is 8.83 Å². The monoisotopic (exact) mass is 249 g/mol. The van der Waals surface area contributed by atoms with Crippen LogP contribution in [0, 0.1) is 18.3 Å². The molecule has 0 aliphatic heterocycles. The maximum absolute atomic E-state index is 11.7. The summed E-state index contributed by atoms with van der Waals surface area (Å²) in [5.41, 5.74) is -1.37. The number of rotatable bonds is 1. The van der Waals surface area contributed by atoms with Crippen molar-refractivity contribution in [1.82, 2.24) is 0 Å². The Morgan fingerprint density at radius 1 is 1.29 bits per heavy atom. The number of aryl methyl sites for hydroxylation is 1. The van der Waals surface area contributed by atoms with Crippen LogP contribution in [0.5, 0.6) is 0 Å². The summed E-state index contributed by atoms with van der Waals surface area (Å²) in [4.78, 5) is 23.5. The van der Waals surface area contributed by atoms with Gasteiger partial charge in [0, 0.05) is 6.07 Å². The Bertz CT molecular complexity index is 751. The number of thioether (sulfide) groups is 1. The van der Waals surface area contributed by atoms with Crippen LogP contribution in [0.1, 0.15) is 11.3 Å². The first-order valence-corrected chi connectivity index (χ1v) is 5.86. The molecule has 6 heteroatoms. The number of fused-ring (bicyclic) bond motifs is 1. The summed E-state index contributed by atoms with van der Waals surface area (Å²) in [5, 5.41) is 9.02. The zero-order chi connectivity index (χ0) is 12.6. The van der Waals surface area contributed by atoms with Crippen molar-refractivity contribution >= 4 is 22.7 Å². The highest BCUT2D eigenvalue weighted by Crippen LogP contribution is 2.25. The van der Waals surface area contributed by atoms with E-state index in [1.54, 1.807) is 19.2 Å². The Hall–Kier alpha value is -2.00. The average molecular weight is 249 g/mol. The summed E-state index contributed by atoms with van der Waals surface area (Å²) < 4.78 is 9.87. The molecular formula is C11H7NO4S. The Morgan fingerprint density at radius 3 is 2.59 bits per heavy atom. The Morgan fingerprint density at radius 2 is 2.00 bits per heavy atom. The zero-order valence-electron chi connectivity index (χ0n) is 9.07. The lowest BCUT2D eigenvalue weighted by molar-refractivity contribution is 0.476. The van der Waals surface area contributed by atoms with E-state index in [-0.39, 0.29) is 16.5 Å². The number of hydrogen-bond donors (Lipinski definition) is 0. The third kappa shape index (κ3) is 1.74. The van der Waals surface area contributed by atoms with E-state index in [1.165, 1.54) is 6.07 Å². The summed E-state index contributed by atoms with van der Waals surface area (Å²) in [6, 6.07) is 3.20. The van der Waals surface area contributed by atoms with Crippen LogP contribution in [-0.2, 0) is 0 Å². The molecule has 5 nitrogen and oxygen atoms in total. The fourth-order valence-corrected chi connectivity index (χ4v) is 2.26. The molecule has 0 amide bonds. The largest absolute Gasteiger partial charge is 0.428 e. The lowest BCUT2D eigenvalue weighted by atomic mass is 10.2. The summed E-state index contributed by atoms with van der Waals surface area (Å²) >= 11 is 1.14. The number of hydrogen-bond acceptors (Lipinski definition) is 6. The molecule has 0 saturated carbocycles. The van der Waals surface area contributed by atoms with Gasteiger partial charge in [-0.2, -0.15) is 5.26 Å². The molecule has 17 heavy (non-hydrogen) atoms. The summed E-state index contributed by atoms with van der Waals surface area (Å²) in [5.74, 6) is 0.349. The van der Waals surface area contributed by atoms with E-state index in [1.807, 2.05) is 0 Å². The fourth-order valence-electron chi connectivity index (χ4n) is 1.54. The van der Waals surface area contributed by atoms with Crippen LogP contribution >= 0.6 is 11.8 Å². The molecule has 2 rings (SSSR count). The second-order valence-electron chi connectivity index (χ2n) is 3.29. The normalized spacial score (nSPS) is 10.4. The SMILES string of the molecule is CSc1c(C#N)c(=O)oc2cc(C)oc(=O)c12. The van der Waals surface area contributed by atoms with Crippen molar-refractivity contribution in [2.45, 2.75) is 11.8 Å². The molecule has 0 saturated heterocycles. The maximum atomic E-state index is 11.7. The van der Waals surface area contributed by atoms with Crippen LogP contribution < -0.4 is 11.3 Å². The topological polar surface area (TPSA) is 84.2 Å². The minimum absolute atomic E-state index is 0.138. The van der Waals surface area contributed by atoms with E-state index in [4.69, 9.17) is 14.1 Å². The summed E-state index contributed by atoms with van der Waals surface area (Å²) in [6.45, 7) is 1.58. The van der Waals surface area contributed by atoms with Crippen molar-refractivity contribution in [3.05, 3.63) is 38.2 Å². The van der Waals surface area contributed by atoms with E-state index in [0.717, 1.165) is 11.8 Å². The predicted molar refractivity (Wildman–Crippen MR) is 62.3 cm³/mol. The van der Waals surface area contributed by atoms with Crippen molar-refractivity contribution in [1.29, 1.82) is 5.26 Å². The van der Waals surface area contributed by atoms with E-state index < -0.39 is 11.3 Å². The van der Waals surface area contributed by atoms with Crippen molar-refractivity contribution in [3.8, 4) is 6.07 Å². The molecule has 0 unspecified atom stereocenters. The minimum Gasteiger partial charge on any atom is -0.428 e. The Labute approximate surface area is 99.7 Å². The van der Waals surface area contributed by atoms with E-state index in [2.05, 4.69) is 0 Å². The van der Waals surface area contributed by atoms with Gasteiger partial charge in [0.05, 0.1) is 4.90 Å². The summed E-state index contributed by atoms with van der Waals surface area (Å²) in [7, 11) is 0. The second kappa shape index (κ2) is 4.11. The highest BCUT2D eigenvalue weighted by molar-refractivity contribution is 7.98. The van der Waals surface area contributed by atoms with Crippen LogP contribution in [0.25, 0.3) is 11.0 Å². The molecule has 0 N–H and O–H groups in total. The van der Waals surface area contributed by atoms with Crippen LogP contribution in [0.3, 0.4) is 0 Å². The van der Waals surface area contributed by atoms with Gasteiger partial charge in [-0.15, -0.1) is 11.8 Å². The first kappa shape index (κ1) is 11.5. The molecule has 0 spiro atoms. The van der Waals surface area contributed by atoms with Crippen molar-refractivity contribution in [2.24, 2.45) is 0 Å². The minimum atomic E-state index is -0.741. The van der Waals surface area contributed by atoms with Crippen LogP contribution in [0.15, 0.2) is 29.4 Å². The van der Waals surface area contributed by atoms with Gasteiger partial charge in [-0.1, -0.05) is 0 Å². The van der Waals surface area contributed by atoms with E-state index in [9.17, 15) is 9.59 Å². The van der Waals surface area contributed by atoms with Crippen molar-refractivity contribution in [3.63, 3.8) is 0 Å². The van der Waals surface area contributed by atoms with Gasteiger partial charge in [0.15, 0.2) is 5.56 Å². The quantitative estimate of drug-likeness (QED) is 0.714. The molecule has 2 aromatic heterocycles. The van der Waals surface area contributed by atoms with Gasteiger partial charge in [0.1, 0.15) is 22.8 Å². The van der Waals surface area contributed by atoms with Gasteiger partial charge in [-0.05, 0) is 13.2 Å². The molecule has 0 radical (unpaired) electrons. The van der Waals surface area contributed by atoms with Gasteiger partial charge >= 0.3 is 11.3 Å². The first-order chi connectivity index (χ1) is 8.08. The van der Waals surface area contributed by atoms with Gasteiger partial charge in [-0.3, -0.25) is 0 Å². The number of nitrogens with zero attached hydrogens (tertiary/aromatic N) is 1. The molecule has 0 bridgehead atoms. The van der Waals surface area contributed by atoms with E-state index >= 15 is 0 Å². The van der Waals surface area contributed by atoms with E-state index in [0.29, 0.717) is 10.7 Å². The highest BCUT2D eigenvalue weighted by atomic mass is 32.2. The van der Waals surface area contributed by atoms with Crippen LogP contribution in [0.2, 0.25) is 0 Å². The van der Waals surface area contributed by atoms with Crippen LogP contribution in [0.4, 0.5) is 0 Å². The van der Waals surface area contributed by atoms with Gasteiger partial charge in [-0.25, -0.2) is 9.59 Å². The molecular weight excluding hydrogens is 242 g/mol. The average Bonchev–Trinajstić information content (AvgIpc) is 2.26. The molecule has 86 valence electrons. The predicted octanol–water partition coefficient (Wildman–Crippen LogP) is 1.65. The molecule has 0 aliphatic rings. The van der Waals surface area contributed by atoms with Crippen molar-refractivity contribution in [2.75, 3.05) is 6.26 Å². The fraction of sp³-hybridized carbons (Fsp3) is 0.182. The first-order valence-electron chi connectivity index (χ1n) is 4.64. The molecule has 2 heterocycles. The van der Waals surface area contributed by atoms with Gasteiger partial charge in [0.2, 0.25) is 0 Å². The zero-order valence-corrected chi connectivity index (χ0v) is 9.88. The second-order valence-corrected chi connectivity index (χ2v) is 4.11.